The number of aromatic nitrogens is 6. The number of hydrogen-bond acceptors (Lipinski definition) is 10. The van der Waals surface area contributed by atoms with Crippen molar-refractivity contribution < 1.29 is 14.3 Å². The van der Waals surface area contributed by atoms with Crippen LogP contribution >= 0.6 is 0 Å². The summed E-state index contributed by atoms with van der Waals surface area (Å²) in [6.07, 6.45) is 10.8. The summed E-state index contributed by atoms with van der Waals surface area (Å²) in [6, 6.07) is 11.6. The highest BCUT2D eigenvalue weighted by Crippen LogP contribution is 2.32. The number of carbonyl (C=O) groups excluding carboxylic acids is 1. The molecule has 41 heavy (non-hydrogen) atoms. The van der Waals surface area contributed by atoms with Gasteiger partial charge >= 0.3 is 0 Å². The molecule has 0 radical (unpaired) electrons. The molecule has 11 nitrogen and oxygen atoms in total. The van der Waals surface area contributed by atoms with E-state index < -0.39 is 0 Å². The summed E-state index contributed by atoms with van der Waals surface area (Å²) >= 11 is 0. The van der Waals surface area contributed by atoms with Crippen LogP contribution in [0, 0.1) is 6.92 Å². The number of nitrogens with zero attached hydrogens (tertiary/aromatic N) is 6. The normalized spacial score (nSPS) is 15.1. The number of ketones is 1. The van der Waals surface area contributed by atoms with Crippen molar-refractivity contribution in [2.24, 2.45) is 0 Å². The monoisotopic (exact) mass is 550 g/mol. The first-order chi connectivity index (χ1) is 20.1. The van der Waals surface area contributed by atoms with Gasteiger partial charge in [-0.2, -0.15) is 0 Å². The number of benzene rings is 2. The average Bonchev–Trinajstić information content (AvgIpc) is 3.66. The Morgan fingerprint density at radius 3 is 2.90 bits per heavy atom. The zero-order chi connectivity index (χ0) is 28.2. The highest BCUT2D eigenvalue weighted by molar-refractivity contribution is 5.96. The van der Waals surface area contributed by atoms with Crippen molar-refractivity contribution in [2.75, 3.05) is 18.5 Å². The first-order valence-electron chi connectivity index (χ1n) is 13.6. The summed E-state index contributed by atoms with van der Waals surface area (Å²) < 4.78 is 13.6. The molecule has 0 amide bonds. The molecule has 1 fully saturated rings. The van der Waals surface area contributed by atoms with Crippen LogP contribution in [0.5, 0.6) is 17.4 Å². The number of nitrogens with one attached hydrogen (secondary N) is 2. The molecule has 3 aromatic heterocycles. The van der Waals surface area contributed by atoms with Crippen molar-refractivity contribution in [2.45, 2.75) is 39.2 Å². The van der Waals surface area contributed by atoms with Crippen LogP contribution < -0.4 is 20.1 Å². The molecule has 0 bridgehead atoms. The lowest BCUT2D eigenvalue weighted by Crippen LogP contribution is -2.18. The summed E-state index contributed by atoms with van der Waals surface area (Å²) in [6.45, 7) is 5.36. The summed E-state index contributed by atoms with van der Waals surface area (Å²) in [5, 5.41) is 15.5. The standard InChI is InChI=1S/C30H30N8O3/c1-3-40-27-14-25-24(13-20(27)12-23(39)8-6-21-5-4-10-31-21)30(33-16-32-25)36-22-7-9-26(19(2)11-22)41-29-15-28-37-35-18-38(28)17-34-29/h6-9,11,13-18,21,31H,3-5,10,12H2,1-2H3,(H,32,33,36)/b8-6+/t21-/m1/s1. The number of carbonyl (C=O) groups is 1. The van der Waals surface area contributed by atoms with E-state index in [2.05, 4.69) is 35.8 Å². The Hall–Kier alpha value is -4.90. The molecule has 0 saturated carbocycles. The van der Waals surface area contributed by atoms with Gasteiger partial charge in [0.2, 0.25) is 5.88 Å². The highest BCUT2D eigenvalue weighted by atomic mass is 16.5. The van der Waals surface area contributed by atoms with E-state index in [0.29, 0.717) is 35.5 Å². The van der Waals surface area contributed by atoms with Gasteiger partial charge in [0.05, 0.1) is 12.1 Å². The predicted molar refractivity (Wildman–Crippen MR) is 155 cm³/mol. The zero-order valence-corrected chi connectivity index (χ0v) is 22.9. The van der Waals surface area contributed by atoms with Crippen LogP contribution in [0.1, 0.15) is 30.9 Å². The summed E-state index contributed by atoms with van der Waals surface area (Å²) in [4.78, 5) is 26.1. The summed E-state index contributed by atoms with van der Waals surface area (Å²) in [7, 11) is 0. The molecule has 2 N–H and O–H groups in total. The number of anilines is 2. The summed E-state index contributed by atoms with van der Waals surface area (Å²) in [5.41, 5.74) is 3.90. The Kier molecular flexibility index (Phi) is 7.50. The fourth-order valence-electron chi connectivity index (χ4n) is 4.86. The SMILES string of the molecule is CCOc1cc2ncnc(Nc3ccc(Oc4cc5nncn5cn4)c(C)c3)c2cc1CC(=O)/C=C/[C@H]1CCCN1. The Labute approximate surface area is 236 Å². The van der Waals surface area contributed by atoms with Gasteiger partial charge in [-0.1, -0.05) is 6.08 Å². The maximum atomic E-state index is 12.8. The molecular weight excluding hydrogens is 520 g/mol. The van der Waals surface area contributed by atoms with Gasteiger partial charge in [-0.15, -0.1) is 10.2 Å². The Balaban J connectivity index is 1.23. The van der Waals surface area contributed by atoms with Gasteiger partial charge in [0.25, 0.3) is 0 Å². The molecule has 1 aliphatic rings. The fraction of sp³-hybridized carbons (Fsp3) is 0.267. The van der Waals surface area contributed by atoms with Crippen molar-refractivity contribution in [3.05, 3.63) is 78.7 Å². The van der Waals surface area contributed by atoms with Gasteiger partial charge in [-0.25, -0.2) is 15.0 Å². The van der Waals surface area contributed by atoms with Gasteiger partial charge < -0.3 is 20.1 Å². The van der Waals surface area contributed by atoms with Gasteiger partial charge in [-0.3, -0.25) is 9.20 Å². The first-order valence-corrected chi connectivity index (χ1v) is 13.6. The van der Waals surface area contributed by atoms with Crippen molar-refractivity contribution in [3.63, 3.8) is 0 Å². The van der Waals surface area contributed by atoms with E-state index in [1.165, 1.54) is 6.33 Å². The second kappa shape index (κ2) is 11.7. The van der Waals surface area contributed by atoms with Crippen LogP contribution in [0.2, 0.25) is 0 Å². The van der Waals surface area contributed by atoms with Crippen molar-refractivity contribution >= 4 is 33.8 Å². The molecule has 4 heterocycles. The van der Waals surface area contributed by atoms with Gasteiger partial charge in [0.1, 0.15) is 36.3 Å². The van der Waals surface area contributed by atoms with Crippen LogP contribution in [0.4, 0.5) is 11.5 Å². The van der Waals surface area contributed by atoms with Crippen molar-refractivity contribution in [1.82, 2.24) is 34.9 Å². The molecular formula is C30H30N8O3. The highest BCUT2D eigenvalue weighted by Gasteiger charge is 2.15. The van der Waals surface area contributed by atoms with Gasteiger partial charge in [0.15, 0.2) is 11.4 Å². The van der Waals surface area contributed by atoms with Gasteiger partial charge in [0, 0.05) is 41.2 Å². The predicted octanol–water partition coefficient (Wildman–Crippen LogP) is 4.73. The minimum atomic E-state index is 0.0224. The minimum absolute atomic E-state index is 0.0224. The number of fused-ring (bicyclic) bond motifs is 2. The topological polar surface area (TPSA) is 128 Å². The molecule has 2 aromatic carbocycles. The van der Waals surface area contributed by atoms with Gasteiger partial charge in [-0.05, 0) is 69.1 Å². The molecule has 0 spiro atoms. The zero-order valence-electron chi connectivity index (χ0n) is 22.9. The number of hydrogen-bond donors (Lipinski definition) is 2. The lowest BCUT2D eigenvalue weighted by atomic mass is 10.0. The number of aryl methyl sites for hydroxylation is 1. The Morgan fingerprint density at radius 2 is 2.07 bits per heavy atom. The molecule has 1 saturated heterocycles. The van der Waals surface area contributed by atoms with E-state index in [1.54, 1.807) is 29.2 Å². The lowest BCUT2D eigenvalue weighted by molar-refractivity contribution is -0.114. The van der Waals surface area contributed by atoms with Crippen LogP contribution in [0.3, 0.4) is 0 Å². The van der Waals surface area contributed by atoms with E-state index in [1.807, 2.05) is 50.3 Å². The quantitative estimate of drug-likeness (QED) is 0.236. The smallest absolute Gasteiger partial charge is 0.224 e. The molecule has 0 unspecified atom stereocenters. The second-order valence-corrected chi connectivity index (χ2v) is 9.87. The summed E-state index contributed by atoms with van der Waals surface area (Å²) in [5.74, 6) is 2.40. The first kappa shape index (κ1) is 26.3. The van der Waals surface area contributed by atoms with E-state index >= 15 is 0 Å². The van der Waals surface area contributed by atoms with E-state index in [-0.39, 0.29) is 18.2 Å². The third-order valence-electron chi connectivity index (χ3n) is 6.91. The third-order valence-corrected chi connectivity index (χ3v) is 6.91. The number of allylic oxidation sites excluding steroid dienone is 1. The Bertz CT molecular complexity index is 1740. The molecule has 5 aromatic rings. The van der Waals surface area contributed by atoms with Crippen molar-refractivity contribution in [1.29, 1.82) is 0 Å². The number of ether oxygens (including phenoxy) is 2. The van der Waals surface area contributed by atoms with E-state index in [9.17, 15) is 4.79 Å². The minimum Gasteiger partial charge on any atom is -0.494 e. The maximum Gasteiger partial charge on any atom is 0.224 e. The largest absolute Gasteiger partial charge is 0.494 e. The molecule has 11 heteroatoms. The van der Waals surface area contributed by atoms with Crippen LogP contribution in [0.15, 0.2) is 67.5 Å². The van der Waals surface area contributed by atoms with Crippen LogP contribution in [-0.2, 0) is 11.2 Å². The molecule has 208 valence electrons. The fourth-order valence-corrected chi connectivity index (χ4v) is 4.86. The average molecular weight is 551 g/mol. The van der Waals surface area contributed by atoms with Crippen LogP contribution in [-0.4, -0.2) is 54.5 Å². The second-order valence-electron chi connectivity index (χ2n) is 9.87. The van der Waals surface area contributed by atoms with E-state index in [0.717, 1.165) is 47.1 Å². The third kappa shape index (κ3) is 5.99. The number of rotatable bonds is 10. The molecule has 1 atom stereocenters. The van der Waals surface area contributed by atoms with Crippen LogP contribution in [0.25, 0.3) is 16.6 Å². The Morgan fingerprint density at radius 1 is 1.15 bits per heavy atom. The van der Waals surface area contributed by atoms with Crippen molar-refractivity contribution in [3.8, 4) is 17.4 Å². The lowest BCUT2D eigenvalue weighted by Gasteiger charge is -2.14. The maximum absolute atomic E-state index is 12.8. The molecule has 1 aliphatic heterocycles. The van der Waals surface area contributed by atoms with E-state index in [4.69, 9.17) is 9.47 Å². The molecule has 6 rings (SSSR count). The molecule has 0 aliphatic carbocycles.